The van der Waals surface area contributed by atoms with Gasteiger partial charge < -0.3 is 15.0 Å². The molecule has 2 aliphatic rings. The molecular weight excluding hydrogens is 228 g/mol. The van der Waals surface area contributed by atoms with Crippen LogP contribution in [0.25, 0.3) is 0 Å². The molecule has 1 unspecified atom stereocenters. The Balaban J connectivity index is 1.68. The molecule has 4 heteroatoms. The maximum absolute atomic E-state index is 11.6. The maximum atomic E-state index is 11.6. The number of carbonyl (C=O) groups excluding carboxylic acids is 1. The van der Waals surface area contributed by atoms with E-state index in [-0.39, 0.29) is 6.09 Å². The number of hydrogen-bond acceptors (Lipinski definition) is 3. The minimum absolute atomic E-state index is 0.150. The summed E-state index contributed by atoms with van der Waals surface area (Å²) in [5.41, 5.74) is 0. The van der Waals surface area contributed by atoms with Crippen molar-refractivity contribution in [2.45, 2.75) is 58.0 Å². The van der Waals surface area contributed by atoms with E-state index in [0.29, 0.717) is 18.7 Å². The molecule has 104 valence electrons. The van der Waals surface area contributed by atoms with Crippen LogP contribution in [0.3, 0.4) is 0 Å². The topological polar surface area (TPSA) is 41.6 Å². The van der Waals surface area contributed by atoms with Gasteiger partial charge >= 0.3 is 6.09 Å². The molecule has 0 aromatic heterocycles. The summed E-state index contributed by atoms with van der Waals surface area (Å²) in [6.07, 6.45) is 6.12. The summed E-state index contributed by atoms with van der Waals surface area (Å²) in [5, 5.41) is 3.73. The monoisotopic (exact) mass is 254 g/mol. The number of ether oxygens (including phenoxy) is 1. The number of hydrogen-bond donors (Lipinski definition) is 1. The highest BCUT2D eigenvalue weighted by Gasteiger charge is 2.28. The zero-order valence-electron chi connectivity index (χ0n) is 11.7. The highest BCUT2D eigenvalue weighted by molar-refractivity contribution is 5.67. The van der Waals surface area contributed by atoms with Gasteiger partial charge in [-0.25, -0.2) is 4.79 Å². The van der Waals surface area contributed by atoms with E-state index in [4.69, 9.17) is 4.74 Å². The Bertz CT molecular complexity index is 271. The van der Waals surface area contributed by atoms with Crippen molar-refractivity contribution in [3.63, 3.8) is 0 Å². The van der Waals surface area contributed by atoms with Gasteiger partial charge in [0.1, 0.15) is 0 Å². The van der Waals surface area contributed by atoms with Gasteiger partial charge in [-0.15, -0.1) is 0 Å². The number of piperidine rings is 1. The zero-order chi connectivity index (χ0) is 13.0. The molecule has 1 saturated carbocycles. The lowest BCUT2D eigenvalue weighted by Crippen LogP contribution is -2.49. The molecule has 0 aromatic rings. The van der Waals surface area contributed by atoms with E-state index in [1.54, 1.807) is 0 Å². The lowest BCUT2D eigenvalue weighted by molar-refractivity contribution is 0.0924. The second kappa shape index (κ2) is 6.41. The molecule has 1 saturated heterocycles. The third-order valence-corrected chi connectivity index (χ3v) is 4.38. The third-order valence-electron chi connectivity index (χ3n) is 4.38. The molecule has 0 spiro atoms. The van der Waals surface area contributed by atoms with Crippen molar-refractivity contribution in [1.29, 1.82) is 0 Å². The molecule has 1 heterocycles. The van der Waals surface area contributed by atoms with Crippen molar-refractivity contribution < 1.29 is 9.53 Å². The average molecular weight is 254 g/mol. The van der Waals surface area contributed by atoms with Gasteiger partial charge in [0.15, 0.2) is 0 Å². The van der Waals surface area contributed by atoms with Crippen molar-refractivity contribution in [3.8, 4) is 0 Å². The number of nitrogens with zero attached hydrogens (tertiary/aromatic N) is 1. The van der Waals surface area contributed by atoms with E-state index in [1.807, 2.05) is 11.8 Å². The van der Waals surface area contributed by atoms with Crippen molar-refractivity contribution in [3.05, 3.63) is 0 Å². The minimum atomic E-state index is -0.150. The Morgan fingerprint density at radius 2 is 2.00 bits per heavy atom. The molecule has 1 aliphatic heterocycles. The lowest BCUT2D eigenvalue weighted by Gasteiger charge is -2.37. The van der Waals surface area contributed by atoms with E-state index in [9.17, 15) is 4.79 Å². The molecule has 0 aromatic carbocycles. The molecule has 1 amide bonds. The lowest BCUT2D eigenvalue weighted by atomic mass is 9.80. The fourth-order valence-corrected chi connectivity index (χ4v) is 2.89. The van der Waals surface area contributed by atoms with Crippen molar-refractivity contribution in [2.24, 2.45) is 5.92 Å². The standard InChI is InChI=1S/C14H26N2O2/c1-3-18-14(17)16-9-7-13(8-10-16)15-11(2)12-5-4-6-12/h11-13,15H,3-10H2,1-2H3. The predicted molar refractivity (Wildman–Crippen MR) is 71.6 cm³/mol. The van der Waals surface area contributed by atoms with E-state index >= 15 is 0 Å². The Morgan fingerprint density at radius 3 is 2.50 bits per heavy atom. The molecule has 0 radical (unpaired) electrons. The smallest absolute Gasteiger partial charge is 0.409 e. The number of amides is 1. The average Bonchev–Trinajstić information content (AvgIpc) is 2.27. The second-order valence-electron chi connectivity index (χ2n) is 5.61. The zero-order valence-corrected chi connectivity index (χ0v) is 11.7. The fourth-order valence-electron chi connectivity index (χ4n) is 2.89. The van der Waals surface area contributed by atoms with E-state index in [2.05, 4.69) is 12.2 Å². The van der Waals surface area contributed by atoms with Crippen LogP contribution in [0.2, 0.25) is 0 Å². The fraction of sp³-hybridized carbons (Fsp3) is 0.929. The van der Waals surface area contributed by atoms with Crippen molar-refractivity contribution in [2.75, 3.05) is 19.7 Å². The third kappa shape index (κ3) is 3.37. The van der Waals surface area contributed by atoms with Crippen LogP contribution in [-0.2, 0) is 4.74 Å². The van der Waals surface area contributed by atoms with Crippen molar-refractivity contribution >= 4 is 6.09 Å². The maximum Gasteiger partial charge on any atom is 0.409 e. The summed E-state index contributed by atoms with van der Waals surface area (Å²) >= 11 is 0. The first kappa shape index (κ1) is 13.7. The van der Waals surface area contributed by atoms with Gasteiger partial charge in [-0.05, 0) is 45.4 Å². The summed E-state index contributed by atoms with van der Waals surface area (Å²) in [6, 6.07) is 1.21. The van der Waals surface area contributed by atoms with Crippen LogP contribution in [0.15, 0.2) is 0 Å². The molecule has 1 aliphatic carbocycles. The largest absolute Gasteiger partial charge is 0.450 e. The quantitative estimate of drug-likeness (QED) is 0.837. The molecule has 2 fully saturated rings. The molecule has 1 N–H and O–H groups in total. The summed E-state index contributed by atoms with van der Waals surface area (Å²) in [7, 11) is 0. The predicted octanol–water partition coefficient (Wildman–Crippen LogP) is 2.39. The summed E-state index contributed by atoms with van der Waals surface area (Å²) in [5.74, 6) is 0.882. The van der Waals surface area contributed by atoms with Crippen LogP contribution in [0.1, 0.15) is 46.0 Å². The Hall–Kier alpha value is -0.770. The molecule has 4 nitrogen and oxygen atoms in total. The van der Waals surface area contributed by atoms with Crippen LogP contribution in [0.4, 0.5) is 4.79 Å². The number of nitrogens with one attached hydrogen (secondary N) is 1. The molecule has 18 heavy (non-hydrogen) atoms. The van der Waals surface area contributed by atoms with Gasteiger partial charge in [0.2, 0.25) is 0 Å². The Labute approximate surface area is 110 Å². The van der Waals surface area contributed by atoms with Gasteiger partial charge in [0.05, 0.1) is 6.61 Å². The van der Waals surface area contributed by atoms with Crippen LogP contribution in [-0.4, -0.2) is 42.8 Å². The van der Waals surface area contributed by atoms with Crippen LogP contribution in [0.5, 0.6) is 0 Å². The molecule has 2 rings (SSSR count). The molecule has 1 atom stereocenters. The van der Waals surface area contributed by atoms with Crippen LogP contribution >= 0.6 is 0 Å². The summed E-state index contributed by atoms with van der Waals surface area (Å²) in [4.78, 5) is 13.4. The number of carbonyl (C=O) groups is 1. The van der Waals surface area contributed by atoms with E-state index in [1.165, 1.54) is 19.3 Å². The van der Waals surface area contributed by atoms with Gasteiger partial charge in [-0.3, -0.25) is 0 Å². The minimum Gasteiger partial charge on any atom is -0.450 e. The van der Waals surface area contributed by atoms with E-state index < -0.39 is 0 Å². The van der Waals surface area contributed by atoms with Gasteiger partial charge in [0, 0.05) is 25.2 Å². The van der Waals surface area contributed by atoms with Crippen LogP contribution in [0, 0.1) is 5.92 Å². The normalized spacial score (nSPS) is 23.6. The second-order valence-corrected chi connectivity index (χ2v) is 5.61. The van der Waals surface area contributed by atoms with Gasteiger partial charge in [0.25, 0.3) is 0 Å². The molecule has 0 bridgehead atoms. The highest BCUT2D eigenvalue weighted by atomic mass is 16.6. The molecular formula is C14H26N2O2. The summed E-state index contributed by atoms with van der Waals surface area (Å²) in [6.45, 7) is 6.28. The summed E-state index contributed by atoms with van der Waals surface area (Å²) < 4.78 is 5.03. The number of likely N-dealkylation sites (tertiary alicyclic amines) is 1. The van der Waals surface area contributed by atoms with Gasteiger partial charge in [-0.1, -0.05) is 6.42 Å². The van der Waals surface area contributed by atoms with E-state index in [0.717, 1.165) is 31.8 Å². The Morgan fingerprint density at radius 1 is 1.33 bits per heavy atom. The number of rotatable bonds is 4. The first-order chi connectivity index (χ1) is 8.70. The van der Waals surface area contributed by atoms with Gasteiger partial charge in [-0.2, -0.15) is 0 Å². The van der Waals surface area contributed by atoms with Crippen LogP contribution < -0.4 is 5.32 Å². The van der Waals surface area contributed by atoms with Crippen molar-refractivity contribution in [1.82, 2.24) is 10.2 Å². The Kier molecular flexibility index (Phi) is 4.87. The first-order valence-corrected chi connectivity index (χ1v) is 7.38. The SMILES string of the molecule is CCOC(=O)N1CCC(NC(C)C2CCC2)CC1. The first-order valence-electron chi connectivity index (χ1n) is 7.38. The highest BCUT2D eigenvalue weighted by Crippen LogP contribution is 2.30.